The van der Waals surface area contributed by atoms with Gasteiger partial charge in [-0.2, -0.15) is 0 Å². The lowest BCUT2D eigenvalue weighted by atomic mass is 10.1. The van der Waals surface area contributed by atoms with Crippen LogP contribution in [-0.4, -0.2) is 49.3 Å². The van der Waals surface area contributed by atoms with Gasteiger partial charge in [0, 0.05) is 19.4 Å². The number of carbonyl (C=O) groups excluding carboxylic acids is 2. The molecule has 1 unspecified atom stereocenters. The molecule has 0 spiro atoms. The summed E-state index contributed by atoms with van der Waals surface area (Å²) in [4.78, 5) is 34.8. The van der Waals surface area contributed by atoms with Gasteiger partial charge in [0.1, 0.15) is 6.61 Å². The molecule has 302 valence electrons. The lowest BCUT2D eigenvalue weighted by molar-refractivity contribution is -0.161. The van der Waals surface area contributed by atoms with Crippen LogP contribution in [0.25, 0.3) is 0 Å². The Morgan fingerprint density at radius 3 is 1.45 bits per heavy atom. The van der Waals surface area contributed by atoms with Crippen molar-refractivity contribution < 1.29 is 37.6 Å². The summed E-state index contributed by atoms with van der Waals surface area (Å²) < 4.78 is 32.7. The van der Waals surface area contributed by atoms with E-state index in [-0.39, 0.29) is 32.6 Å². The van der Waals surface area contributed by atoms with Crippen molar-refractivity contribution in [2.45, 2.75) is 148 Å². The molecule has 0 heterocycles. The van der Waals surface area contributed by atoms with Crippen molar-refractivity contribution in [3.8, 4) is 0 Å². The summed E-state index contributed by atoms with van der Waals surface area (Å²) in [5.74, 6) is -0.887. The number of nitrogens with two attached hydrogens (primary N) is 1. The van der Waals surface area contributed by atoms with Crippen molar-refractivity contribution in [3.63, 3.8) is 0 Å². The third-order valence-corrected chi connectivity index (χ3v) is 8.76. The molecule has 2 atom stereocenters. The molecule has 0 aromatic rings. The first kappa shape index (κ1) is 50.2. The molecule has 0 bridgehead atoms. The van der Waals surface area contributed by atoms with Crippen LogP contribution in [0.5, 0.6) is 0 Å². The van der Waals surface area contributed by atoms with Crippen LogP contribution in [-0.2, 0) is 32.7 Å². The zero-order valence-corrected chi connectivity index (χ0v) is 33.9. The van der Waals surface area contributed by atoms with E-state index in [1.807, 2.05) is 0 Å². The average Bonchev–Trinajstić information content (AvgIpc) is 3.14. The first-order valence-corrected chi connectivity index (χ1v) is 21.6. The number of carbonyl (C=O) groups is 2. The number of hydrogen-bond acceptors (Lipinski definition) is 8. The average molecular weight is 762 g/mol. The van der Waals surface area contributed by atoms with Crippen molar-refractivity contribution in [2.24, 2.45) is 5.73 Å². The summed E-state index contributed by atoms with van der Waals surface area (Å²) >= 11 is 0. The van der Waals surface area contributed by atoms with Gasteiger partial charge in [0.05, 0.1) is 13.2 Å². The van der Waals surface area contributed by atoms with E-state index in [0.717, 1.165) is 103 Å². The van der Waals surface area contributed by atoms with Crippen LogP contribution in [0.15, 0.2) is 85.1 Å². The normalized spacial score (nSPS) is 14.3. The highest BCUT2D eigenvalue weighted by Crippen LogP contribution is 2.43. The van der Waals surface area contributed by atoms with Gasteiger partial charge >= 0.3 is 19.8 Å². The molecule has 0 aromatic carbocycles. The Morgan fingerprint density at radius 2 is 0.981 bits per heavy atom. The predicted octanol–water partition coefficient (Wildman–Crippen LogP) is 11.3. The smallest absolute Gasteiger partial charge is 0.462 e. The van der Waals surface area contributed by atoms with Crippen LogP contribution in [0.3, 0.4) is 0 Å². The van der Waals surface area contributed by atoms with Crippen LogP contribution >= 0.6 is 7.82 Å². The number of ether oxygens (including phenoxy) is 2. The fourth-order valence-corrected chi connectivity index (χ4v) is 5.64. The van der Waals surface area contributed by atoms with E-state index in [1.54, 1.807) is 0 Å². The Morgan fingerprint density at radius 1 is 0.566 bits per heavy atom. The summed E-state index contributed by atoms with van der Waals surface area (Å²) in [6.07, 6.45) is 47.5. The van der Waals surface area contributed by atoms with Crippen molar-refractivity contribution in [1.29, 1.82) is 0 Å². The molecule has 0 aliphatic heterocycles. The zero-order valence-electron chi connectivity index (χ0n) is 33.0. The third-order valence-electron chi connectivity index (χ3n) is 7.78. The van der Waals surface area contributed by atoms with E-state index in [2.05, 4.69) is 98.9 Å². The van der Waals surface area contributed by atoms with Crippen LogP contribution in [0.4, 0.5) is 0 Å². The highest BCUT2D eigenvalue weighted by atomic mass is 31.2. The molecule has 10 heteroatoms. The van der Waals surface area contributed by atoms with Crippen molar-refractivity contribution in [3.05, 3.63) is 85.1 Å². The molecule has 0 aliphatic carbocycles. The number of allylic oxidation sites excluding steroid dienone is 14. The quantitative estimate of drug-likeness (QED) is 0.0277. The minimum atomic E-state index is -4.39. The lowest BCUT2D eigenvalue weighted by Gasteiger charge is -2.19. The van der Waals surface area contributed by atoms with E-state index < -0.39 is 32.5 Å². The monoisotopic (exact) mass is 761 g/mol. The predicted molar refractivity (Wildman–Crippen MR) is 219 cm³/mol. The van der Waals surface area contributed by atoms with Gasteiger partial charge in [-0.05, 0) is 83.5 Å². The standard InChI is InChI=1S/C43H72NO8P/c1-3-5-7-9-11-13-15-17-19-20-22-23-25-27-29-31-33-35-42(45)49-39-41(40-51-53(47,48)50-38-37-44)52-43(46)36-34-32-30-28-26-24-21-18-16-14-12-10-8-6-4-2/h5-8,11-14,17-19,21-23,41H,3-4,9-10,15-16,20,24-40,44H2,1-2H3,(H,47,48)/b7-5-,8-6-,13-11-,14-12-,19-17-,21-18-,23-22-/t41-/m1/s1. The fourth-order valence-electron chi connectivity index (χ4n) is 4.87. The second-order valence-electron chi connectivity index (χ2n) is 12.7. The summed E-state index contributed by atoms with van der Waals surface area (Å²) in [5, 5.41) is 0. The van der Waals surface area contributed by atoms with E-state index in [0.29, 0.717) is 12.8 Å². The first-order chi connectivity index (χ1) is 25.8. The molecule has 0 rings (SSSR count). The van der Waals surface area contributed by atoms with Gasteiger partial charge in [-0.25, -0.2) is 4.57 Å². The van der Waals surface area contributed by atoms with Gasteiger partial charge in [0.25, 0.3) is 0 Å². The molecule has 0 radical (unpaired) electrons. The zero-order chi connectivity index (χ0) is 38.9. The second-order valence-corrected chi connectivity index (χ2v) is 14.2. The van der Waals surface area contributed by atoms with Gasteiger partial charge in [-0.3, -0.25) is 18.6 Å². The Labute approximate surface area is 322 Å². The van der Waals surface area contributed by atoms with Crippen LogP contribution in [0, 0.1) is 0 Å². The molecule has 0 aromatic heterocycles. The number of phosphoric acid groups is 1. The SMILES string of the molecule is CC/C=C\C/C=C\C/C=C\C/C=C\CCCCCCC(=O)OC[C@H](COP(=O)(O)OCCN)OC(=O)CCCCCCC/C=C\C/C=C\C/C=C\CC. The molecule has 0 aliphatic rings. The summed E-state index contributed by atoms with van der Waals surface area (Å²) in [6, 6.07) is 0. The Bertz CT molecular complexity index is 1140. The maximum atomic E-state index is 12.5. The Hall–Kier alpha value is -2.81. The van der Waals surface area contributed by atoms with Crippen molar-refractivity contribution in [2.75, 3.05) is 26.4 Å². The number of phosphoric ester groups is 1. The highest BCUT2D eigenvalue weighted by Gasteiger charge is 2.25. The number of unbranched alkanes of at least 4 members (excludes halogenated alkanes) is 9. The van der Waals surface area contributed by atoms with Gasteiger partial charge in [0.2, 0.25) is 0 Å². The van der Waals surface area contributed by atoms with E-state index in [1.165, 1.54) is 0 Å². The fraction of sp³-hybridized carbons (Fsp3) is 0.628. The topological polar surface area (TPSA) is 134 Å². The summed E-state index contributed by atoms with van der Waals surface area (Å²) in [6.45, 7) is 3.43. The van der Waals surface area contributed by atoms with Crippen LogP contribution in [0.1, 0.15) is 142 Å². The van der Waals surface area contributed by atoms with E-state index >= 15 is 0 Å². The lowest BCUT2D eigenvalue weighted by Crippen LogP contribution is -2.29. The maximum absolute atomic E-state index is 12.5. The molecular formula is C43H72NO8P. The molecule has 9 nitrogen and oxygen atoms in total. The van der Waals surface area contributed by atoms with Crippen molar-refractivity contribution >= 4 is 19.8 Å². The molecule has 3 N–H and O–H groups in total. The summed E-state index contributed by atoms with van der Waals surface area (Å²) in [5.41, 5.74) is 5.33. The molecule has 0 amide bonds. The van der Waals surface area contributed by atoms with Crippen LogP contribution < -0.4 is 5.73 Å². The minimum Gasteiger partial charge on any atom is -0.462 e. The van der Waals surface area contributed by atoms with Crippen molar-refractivity contribution in [1.82, 2.24) is 0 Å². The molecule has 53 heavy (non-hydrogen) atoms. The minimum absolute atomic E-state index is 0.0418. The molecular weight excluding hydrogens is 689 g/mol. The molecule has 0 saturated carbocycles. The number of rotatable bonds is 36. The molecule has 0 saturated heterocycles. The Kier molecular flexibility index (Phi) is 36.8. The van der Waals surface area contributed by atoms with E-state index in [9.17, 15) is 19.0 Å². The van der Waals surface area contributed by atoms with Gasteiger partial charge in [-0.1, -0.05) is 131 Å². The van der Waals surface area contributed by atoms with Gasteiger partial charge in [-0.15, -0.1) is 0 Å². The van der Waals surface area contributed by atoms with Crippen LogP contribution in [0.2, 0.25) is 0 Å². The second kappa shape index (κ2) is 38.9. The summed E-state index contributed by atoms with van der Waals surface area (Å²) in [7, 11) is -4.39. The third kappa shape index (κ3) is 38.7. The van der Waals surface area contributed by atoms with Gasteiger partial charge < -0.3 is 20.1 Å². The first-order valence-electron chi connectivity index (χ1n) is 20.1. The highest BCUT2D eigenvalue weighted by molar-refractivity contribution is 7.47. The van der Waals surface area contributed by atoms with Gasteiger partial charge in [0.15, 0.2) is 6.10 Å². The number of esters is 2. The number of hydrogen-bond donors (Lipinski definition) is 2. The largest absolute Gasteiger partial charge is 0.472 e. The molecule has 0 fully saturated rings. The van der Waals surface area contributed by atoms with E-state index in [4.69, 9.17) is 24.3 Å². The Balaban J connectivity index is 4.29. The maximum Gasteiger partial charge on any atom is 0.472 e.